The first-order valence-electron chi connectivity index (χ1n) is 5.46. The lowest BCUT2D eigenvalue weighted by Crippen LogP contribution is -2.49. The fraction of sp³-hybridized carbons (Fsp3) is 0.636. The van der Waals surface area contributed by atoms with Crippen molar-refractivity contribution in [1.29, 1.82) is 0 Å². The normalized spacial score (nSPS) is 29.2. The molecule has 16 heavy (non-hydrogen) atoms. The zero-order valence-corrected chi connectivity index (χ0v) is 9.64. The maximum absolute atomic E-state index is 11.8. The van der Waals surface area contributed by atoms with Gasteiger partial charge in [-0.1, -0.05) is 0 Å². The van der Waals surface area contributed by atoms with Crippen LogP contribution in [0.25, 0.3) is 0 Å². The van der Waals surface area contributed by atoms with Crippen molar-refractivity contribution in [3.05, 3.63) is 18.7 Å². The van der Waals surface area contributed by atoms with E-state index in [0.29, 0.717) is 6.04 Å². The highest BCUT2D eigenvalue weighted by Crippen LogP contribution is 2.38. The van der Waals surface area contributed by atoms with Crippen LogP contribution in [0.3, 0.4) is 0 Å². The van der Waals surface area contributed by atoms with E-state index in [-0.39, 0.29) is 5.97 Å². The van der Waals surface area contributed by atoms with Crippen LogP contribution < -0.4 is 5.32 Å². The third kappa shape index (κ3) is 1.71. The molecule has 1 heterocycles. The molecule has 1 fully saturated rings. The Kier molecular flexibility index (Phi) is 2.96. The second-order valence-electron chi connectivity index (χ2n) is 4.23. The summed E-state index contributed by atoms with van der Waals surface area (Å²) in [6, 6.07) is 0.328. The number of likely N-dealkylation sites (N-methyl/N-ethyl adjacent to an activating group) is 1. The van der Waals surface area contributed by atoms with E-state index in [0.717, 1.165) is 19.3 Å². The van der Waals surface area contributed by atoms with Crippen molar-refractivity contribution in [2.24, 2.45) is 0 Å². The minimum atomic E-state index is -0.524. The summed E-state index contributed by atoms with van der Waals surface area (Å²) >= 11 is 0. The number of aromatic nitrogens is 2. The second-order valence-corrected chi connectivity index (χ2v) is 4.23. The molecule has 1 aromatic heterocycles. The Morgan fingerprint density at radius 1 is 1.69 bits per heavy atom. The Morgan fingerprint density at radius 2 is 2.50 bits per heavy atom. The van der Waals surface area contributed by atoms with Gasteiger partial charge in [0.1, 0.15) is 5.54 Å². The zero-order valence-electron chi connectivity index (χ0n) is 9.64. The summed E-state index contributed by atoms with van der Waals surface area (Å²) in [6.07, 6.45) is 8.02. The Hall–Kier alpha value is -1.36. The van der Waals surface area contributed by atoms with Gasteiger partial charge in [-0.3, -0.25) is 4.79 Å². The number of ether oxygens (including phenoxy) is 1. The minimum absolute atomic E-state index is 0.169. The monoisotopic (exact) mass is 223 g/mol. The smallest absolute Gasteiger partial charge is 0.326 e. The summed E-state index contributed by atoms with van der Waals surface area (Å²) in [4.78, 5) is 15.8. The van der Waals surface area contributed by atoms with Gasteiger partial charge in [0.05, 0.1) is 13.4 Å². The van der Waals surface area contributed by atoms with E-state index in [4.69, 9.17) is 4.74 Å². The topological polar surface area (TPSA) is 56.1 Å². The van der Waals surface area contributed by atoms with Crippen molar-refractivity contribution < 1.29 is 9.53 Å². The number of carbonyl (C=O) groups excluding carboxylic acids is 1. The van der Waals surface area contributed by atoms with Crippen LogP contribution in [-0.4, -0.2) is 35.2 Å². The van der Waals surface area contributed by atoms with E-state index in [2.05, 4.69) is 14.9 Å². The Bertz CT molecular complexity index is 363. The highest BCUT2D eigenvalue weighted by Gasteiger charge is 2.45. The molecule has 5 heteroatoms. The van der Waals surface area contributed by atoms with Crippen LogP contribution in [0.2, 0.25) is 0 Å². The summed E-state index contributed by atoms with van der Waals surface area (Å²) in [5.41, 5.74) is -0.524. The number of nitrogens with one attached hydrogen (secondary N) is 1. The third-order valence-electron chi connectivity index (χ3n) is 3.49. The maximum atomic E-state index is 11.8. The van der Waals surface area contributed by atoms with Gasteiger partial charge >= 0.3 is 5.97 Å². The number of esters is 1. The molecular weight excluding hydrogens is 206 g/mol. The molecule has 1 saturated carbocycles. The van der Waals surface area contributed by atoms with Gasteiger partial charge in [0.15, 0.2) is 0 Å². The molecule has 88 valence electrons. The molecule has 2 unspecified atom stereocenters. The van der Waals surface area contributed by atoms with Crippen LogP contribution in [-0.2, 0) is 9.53 Å². The summed E-state index contributed by atoms with van der Waals surface area (Å²) in [5, 5.41) is 3.11. The van der Waals surface area contributed by atoms with E-state index in [1.165, 1.54) is 7.11 Å². The van der Waals surface area contributed by atoms with Crippen LogP contribution in [0, 0.1) is 0 Å². The fourth-order valence-electron chi connectivity index (χ4n) is 2.47. The van der Waals surface area contributed by atoms with Crippen LogP contribution in [0.4, 0.5) is 0 Å². The fourth-order valence-corrected chi connectivity index (χ4v) is 2.47. The van der Waals surface area contributed by atoms with Gasteiger partial charge in [0.25, 0.3) is 0 Å². The Labute approximate surface area is 94.8 Å². The van der Waals surface area contributed by atoms with Crippen molar-refractivity contribution in [3.63, 3.8) is 0 Å². The quantitative estimate of drug-likeness (QED) is 0.768. The van der Waals surface area contributed by atoms with Gasteiger partial charge < -0.3 is 14.6 Å². The summed E-state index contributed by atoms with van der Waals surface area (Å²) < 4.78 is 6.93. The number of rotatable bonds is 3. The molecule has 1 N–H and O–H groups in total. The lowest BCUT2D eigenvalue weighted by Gasteiger charge is -2.25. The molecule has 5 nitrogen and oxygen atoms in total. The van der Waals surface area contributed by atoms with Gasteiger partial charge in [-0.2, -0.15) is 0 Å². The van der Waals surface area contributed by atoms with Crippen molar-refractivity contribution in [2.75, 3.05) is 14.2 Å². The first-order valence-corrected chi connectivity index (χ1v) is 5.46. The van der Waals surface area contributed by atoms with Gasteiger partial charge in [-0.05, 0) is 26.3 Å². The molecule has 0 aromatic carbocycles. The zero-order chi connectivity index (χ0) is 11.6. The molecule has 0 saturated heterocycles. The number of nitrogens with zero attached hydrogens (tertiary/aromatic N) is 2. The van der Waals surface area contributed by atoms with Crippen molar-refractivity contribution in [3.8, 4) is 0 Å². The molecule has 1 aliphatic rings. The average molecular weight is 223 g/mol. The van der Waals surface area contributed by atoms with Gasteiger partial charge in [-0.25, -0.2) is 4.98 Å². The molecule has 1 aromatic rings. The Morgan fingerprint density at radius 3 is 3.06 bits per heavy atom. The largest absolute Gasteiger partial charge is 0.468 e. The van der Waals surface area contributed by atoms with Crippen LogP contribution in [0.1, 0.15) is 25.3 Å². The minimum Gasteiger partial charge on any atom is -0.468 e. The van der Waals surface area contributed by atoms with Crippen LogP contribution >= 0.6 is 0 Å². The van der Waals surface area contributed by atoms with E-state index < -0.39 is 5.54 Å². The highest BCUT2D eigenvalue weighted by atomic mass is 16.5. The van der Waals surface area contributed by atoms with Crippen molar-refractivity contribution >= 4 is 5.97 Å². The molecule has 0 amide bonds. The van der Waals surface area contributed by atoms with Gasteiger partial charge in [0.2, 0.25) is 0 Å². The van der Waals surface area contributed by atoms with Crippen LogP contribution in [0.5, 0.6) is 0 Å². The number of methoxy groups -OCH3 is 1. The van der Waals surface area contributed by atoms with Gasteiger partial charge in [-0.15, -0.1) is 0 Å². The predicted octanol–water partition coefficient (Wildman–Crippen LogP) is 0.739. The summed E-state index contributed by atoms with van der Waals surface area (Å²) in [7, 11) is 3.25. The number of carbonyl (C=O) groups is 1. The van der Waals surface area contributed by atoms with Crippen LogP contribution in [0.15, 0.2) is 18.7 Å². The second kappa shape index (κ2) is 4.25. The Balaban J connectivity index is 2.14. The van der Waals surface area contributed by atoms with E-state index in [1.807, 2.05) is 13.2 Å². The standard InChI is InChI=1S/C11H17N3O2/c1-12-11(10(15)16-2)4-3-9(7-11)14-6-5-13-8-14/h5-6,8-9,12H,3-4,7H2,1-2H3. The first kappa shape index (κ1) is 11.1. The SMILES string of the molecule is CNC1(C(=O)OC)CCC(n2ccnc2)C1. The highest BCUT2D eigenvalue weighted by molar-refractivity contribution is 5.81. The van der Waals surface area contributed by atoms with E-state index in [1.54, 1.807) is 12.5 Å². The molecule has 2 atom stereocenters. The maximum Gasteiger partial charge on any atom is 0.326 e. The number of imidazole rings is 1. The molecule has 0 bridgehead atoms. The lowest BCUT2D eigenvalue weighted by molar-refractivity contribution is -0.148. The molecule has 0 radical (unpaired) electrons. The average Bonchev–Trinajstić information content (AvgIpc) is 2.96. The summed E-state index contributed by atoms with van der Waals surface area (Å²) in [5.74, 6) is -0.169. The third-order valence-corrected chi connectivity index (χ3v) is 3.49. The number of hydrogen-bond acceptors (Lipinski definition) is 4. The summed E-state index contributed by atoms with van der Waals surface area (Å²) in [6.45, 7) is 0. The predicted molar refractivity (Wildman–Crippen MR) is 58.9 cm³/mol. The first-order chi connectivity index (χ1) is 7.72. The lowest BCUT2D eigenvalue weighted by atomic mass is 9.98. The molecule has 2 rings (SSSR count). The molecule has 0 spiro atoms. The van der Waals surface area contributed by atoms with E-state index >= 15 is 0 Å². The number of hydrogen-bond donors (Lipinski definition) is 1. The molecule has 1 aliphatic carbocycles. The molecule has 0 aliphatic heterocycles. The van der Waals surface area contributed by atoms with E-state index in [9.17, 15) is 4.79 Å². The van der Waals surface area contributed by atoms with Crippen molar-refractivity contribution in [2.45, 2.75) is 30.8 Å². The van der Waals surface area contributed by atoms with Gasteiger partial charge in [0, 0.05) is 18.4 Å². The van der Waals surface area contributed by atoms with Crippen molar-refractivity contribution in [1.82, 2.24) is 14.9 Å². The molecular formula is C11H17N3O2.